The number of urea groups is 1. The molecular formula is C31H40ClFN4O4S. The molecule has 0 radical (unpaired) electrons. The van der Waals surface area contributed by atoms with Crippen LogP contribution in [0.25, 0.3) is 0 Å². The minimum absolute atomic E-state index is 0. The van der Waals surface area contributed by atoms with Gasteiger partial charge < -0.3 is 15.0 Å². The molecule has 3 aromatic carbocycles. The summed E-state index contributed by atoms with van der Waals surface area (Å²) in [7, 11) is -3.32. The van der Waals surface area contributed by atoms with Gasteiger partial charge in [-0.15, -0.1) is 12.4 Å². The lowest BCUT2D eigenvalue weighted by Crippen LogP contribution is -2.49. The van der Waals surface area contributed by atoms with Crippen molar-refractivity contribution in [3.63, 3.8) is 0 Å². The van der Waals surface area contributed by atoms with Crippen LogP contribution in [0.1, 0.15) is 38.7 Å². The average Bonchev–Trinajstić information content (AvgIpc) is 2.92. The quantitative estimate of drug-likeness (QED) is 0.243. The second-order valence-electron chi connectivity index (χ2n) is 11.0. The third-order valence-electron chi connectivity index (χ3n) is 7.02. The lowest BCUT2D eigenvalue weighted by Gasteiger charge is -2.39. The summed E-state index contributed by atoms with van der Waals surface area (Å²) in [4.78, 5) is 17.5. The van der Waals surface area contributed by atoms with Crippen LogP contribution in [-0.4, -0.2) is 56.2 Å². The number of likely N-dealkylation sites (tertiary alicyclic amines) is 1. The number of amides is 2. The molecule has 0 aliphatic carbocycles. The highest BCUT2D eigenvalue weighted by atomic mass is 35.5. The van der Waals surface area contributed by atoms with Crippen molar-refractivity contribution in [2.75, 3.05) is 35.9 Å². The van der Waals surface area contributed by atoms with Gasteiger partial charge in [-0.1, -0.05) is 26.0 Å². The molecule has 2 amide bonds. The first-order valence-electron chi connectivity index (χ1n) is 13.9. The highest BCUT2D eigenvalue weighted by Gasteiger charge is 2.28. The largest absolute Gasteiger partial charge is 0.457 e. The minimum atomic E-state index is -3.32. The van der Waals surface area contributed by atoms with Gasteiger partial charge >= 0.3 is 6.03 Å². The van der Waals surface area contributed by atoms with Crippen LogP contribution >= 0.6 is 12.4 Å². The molecular weight excluding hydrogens is 579 g/mol. The summed E-state index contributed by atoms with van der Waals surface area (Å²) in [5.74, 6) is 1.47. The van der Waals surface area contributed by atoms with Crippen molar-refractivity contribution < 1.29 is 22.3 Å². The van der Waals surface area contributed by atoms with Crippen molar-refractivity contribution in [2.45, 2.75) is 45.7 Å². The number of rotatable bonds is 11. The average molecular weight is 619 g/mol. The third kappa shape index (κ3) is 10.5. The maximum atomic E-state index is 13.3. The lowest BCUT2D eigenvalue weighted by molar-refractivity contribution is 0.120. The molecule has 1 aliphatic heterocycles. The maximum absolute atomic E-state index is 13.3. The van der Waals surface area contributed by atoms with Crippen LogP contribution in [-0.2, 0) is 16.6 Å². The van der Waals surface area contributed by atoms with Gasteiger partial charge in [0.2, 0.25) is 10.0 Å². The minimum Gasteiger partial charge on any atom is -0.457 e. The number of halogens is 2. The fraction of sp³-hybridized carbons (Fsp3) is 0.387. The van der Waals surface area contributed by atoms with Crippen molar-refractivity contribution in [1.29, 1.82) is 0 Å². The van der Waals surface area contributed by atoms with Crippen LogP contribution < -0.4 is 14.8 Å². The Labute approximate surface area is 254 Å². The zero-order chi connectivity index (χ0) is 29.4. The van der Waals surface area contributed by atoms with E-state index in [1.807, 2.05) is 29.2 Å². The van der Waals surface area contributed by atoms with Crippen molar-refractivity contribution >= 4 is 39.8 Å². The van der Waals surface area contributed by atoms with Gasteiger partial charge in [0.05, 0.1) is 6.26 Å². The molecule has 8 nitrogen and oxygen atoms in total. The SMILES string of the molecule is CC(C)CCN(C(=O)Nc1ccc(F)cc1)C1CCN(Cc2ccc(Oc3ccc(NS(C)(=O)=O)cc3)cc2)CC1.Cl. The Morgan fingerprint density at radius 2 is 1.50 bits per heavy atom. The van der Waals surface area contributed by atoms with E-state index in [0.29, 0.717) is 35.3 Å². The molecule has 1 heterocycles. The number of nitrogens with zero attached hydrogens (tertiary/aromatic N) is 2. The monoisotopic (exact) mass is 618 g/mol. The number of carbonyl (C=O) groups excluding carboxylic acids is 1. The number of piperidine rings is 1. The van der Waals surface area contributed by atoms with Gasteiger partial charge in [-0.2, -0.15) is 0 Å². The predicted molar refractivity (Wildman–Crippen MR) is 169 cm³/mol. The molecule has 0 bridgehead atoms. The summed E-state index contributed by atoms with van der Waals surface area (Å²) in [5.41, 5.74) is 2.25. The molecule has 1 aliphatic rings. The molecule has 2 N–H and O–H groups in total. The van der Waals surface area contributed by atoms with Crippen LogP contribution in [0.5, 0.6) is 11.5 Å². The zero-order valence-electron chi connectivity index (χ0n) is 24.3. The summed E-state index contributed by atoms with van der Waals surface area (Å²) in [6.45, 7) is 7.59. The molecule has 11 heteroatoms. The molecule has 3 aromatic rings. The van der Waals surface area contributed by atoms with E-state index in [0.717, 1.165) is 45.2 Å². The van der Waals surface area contributed by atoms with Gasteiger partial charge in [0, 0.05) is 43.6 Å². The Kier molecular flexibility index (Phi) is 12.0. The maximum Gasteiger partial charge on any atom is 0.322 e. The second-order valence-corrected chi connectivity index (χ2v) is 12.7. The molecule has 1 saturated heterocycles. The van der Waals surface area contributed by atoms with Crippen LogP contribution in [0.4, 0.5) is 20.6 Å². The molecule has 1 fully saturated rings. The van der Waals surface area contributed by atoms with E-state index in [1.54, 1.807) is 36.4 Å². The lowest BCUT2D eigenvalue weighted by atomic mass is 10.0. The van der Waals surface area contributed by atoms with E-state index >= 15 is 0 Å². The fourth-order valence-corrected chi connectivity index (χ4v) is 5.39. The Morgan fingerprint density at radius 3 is 2.05 bits per heavy atom. The summed E-state index contributed by atoms with van der Waals surface area (Å²) in [5, 5.41) is 2.94. The van der Waals surface area contributed by atoms with Crippen molar-refractivity contribution in [3.05, 3.63) is 84.2 Å². The third-order valence-corrected chi connectivity index (χ3v) is 7.63. The van der Waals surface area contributed by atoms with Gasteiger partial charge in [-0.25, -0.2) is 17.6 Å². The number of hydrogen-bond donors (Lipinski definition) is 2. The molecule has 0 atom stereocenters. The first kappa shape index (κ1) is 33.2. The molecule has 42 heavy (non-hydrogen) atoms. The molecule has 0 saturated carbocycles. The standard InChI is InChI=1S/C31H39FN4O4S.ClH/c1-23(2)16-21-36(31(37)33-26-8-6-25(32)7-9-26)28-17-19-35(20-18-28)22-24-4-12-29(13-5-24)40-30-14-10-27(11-15-30)34-41(3,38)39;/h4-15,23,28,34H,16-22H2,1-3H3,(H,33,37);1H. The van der Waals surface area contributed by atoms with E-state index in [1.165, 1.54) is 17.7 Å². The Hall–Kier alpha value is -3.34. The van der Waals surface area contributed by atoms with Crippen molar-refractivity contribution in [3.8, 4) is 11.5 Å². The molecule has 0 aromatic heterocycles. The van der Waals surface area contributed by atoms with Crippen LogP contribution in [0.15, 0.2) is 72.8 Å². The van der Waals surface area contributed by atoms with Gasteiger partial charge in [-0.3, -0.25) is 9.62 Å². The van der Waals surface area contributed by atoms with Crippen molar-refractivity contribution in [1.82, 2.24) is 9.80 Å². The fourth-order valence-electron chi connectivity index (χ4n) is 4.83. The molecule has 228 valence electrons. The Morgan fingerprint density at radius 1 is 0.952 bits per heavy atom. The summed E-state index contributed by atoms with van der Waals surface area (Å²) < 4.78 is 44.4. The normalized spacial score (nSPS) is 14.2. The topological polar surface area (TPSA) is 91.0 Å². The van der Waals surface area contributed by atoms with Crippen LogP contribution in [0, 0.1) is 11.7 Å². The van der Waals surface area contributed by atoms with E-state index in [2.05, 4.69) is 28.8 Å². The summed E-state index contributed by atoms with van der Waals surface area (Å²) in [6, 6.07) is 20.6. The first-order valence-corrected chi connectivity index (χ1v) is 15.8. The van der Waals surface area contributed by atoms with E-state index in [9.17, 15) is 17.6 Å². The molecule has 0 spiro atoms. The summed E-state index contributed by atoms with van der Waals surface area (Å²) >= 11 is 0. The number of anilines is 2. The van der Waals surface area contributed by atoms with Gasteiger partial charge in [0.15, 0.2) is 0 Å². The predicted octanol–water partition coefficient (Wildman–Crippen LogP) is 6.96. The number of hydrogen-bond acceptors (Lipinski definition) is 5. The summed E-state index contributed by atoms with van der Waals surface area (Å²) in [6.07, 6.45) is 3.81. The van der Waals surface area contributed by atoms with Crippen LogP contribution in [0.2, 0.25) is 0 Å². The first-order chi connectivity index (χ1) is 19.5. The number of ether oxygens (including phenoxy) is 1. The highest BCUT2D eigenvalue weighted by Crippen LogP contribution is 2.25. The van der Waals surface area contributed by atoms with Crippen molar-refractivity contribution in [2.24, 2.45) is 5.92 Å². The van der Waals surface area contributed by atoms with Gasteiger partial charge in [0.1, 0.15) is 17.3 Å². The van der Waals surface area contributed by atoms with E-state index < -0.39 is 10.0 Å². The number of sulfonamides is 1. The number of nitrogens with one attached hydrogen (secondary N) is 2. The van der Waals surface area contributed by atoms with Gasteiger partial charge in [0.25, 0.3) is 0 Å². The number of benzene rings is 3. The van der Waals surface area contributed by atoms with E-state index in [-0.39, 0.29) is 30.3 Å². The Bertz CT molecular complexity index is 1380. The smallest absolute Gasteiger partial charge is 0.322 e. The zero-order valence-corrected chi connectivity index (χ0v) is 25.9. The van der Waals surface area contributed by atoms with Gasteiger partial charge in [-0.05, 0) is 91.4 Å². The van der Waals surface area contributed by atoms with Crippen LogP contribution in [0.3, 0.4) is 0 Å². The molecule has 4 rings (SSSR count). The second kappa shape index (κ2) is 15.2. The van der Waals surface area contributed by atoms with E-state index in [4.69, 9.17) is 4.74 Å². The highest BCUT2D eigenvalue weighted by molar-refractivity contribution is 7.92. The number of carbonyl (C=O) groups is 1. The molecule has 0 unspecified atom stereocenters. The Balaban J connectivity index is 0.00000484.